The first kappa shape index (κ1) is 16.5. The zero-order chi connectivity index (χ0) is 18.3. The number of nitrogens with zero attached hydrogens (tertiary/aromatic N) is 5. The van der Waals surface area contributed by atoms with Crippen LogP contribution in [0, 0.1) is 0 Å². The van der Waals surface area contributed by atoms with Crippen LogP contribution in [0.3, 0.4) is 0 Å². The minimum atomic E-state index is -0.476. The van der Waals surface area contributed by atoms with Crippen LogP contribution in [0.1, 0.15) is 26.8 Å². The summed E-state index contributed by atoms with van der Waals surface area (Å²) in [6.07, 6.45) is 5.23. The molecule has 1 aliphatic rings. The van der Waals surface area contributed by atoms with Crippen molar-refractivity contribution in [2.24, 2.45) is 0 Å². The maximum Gasteiger partial charge on any atom is 0.410 e. The Morgan fingerprint density at radius 2 is 1.88 bits per heavy atom. The Morgan fingerprint density at radius 1 is 1.15 bits per heavy atom. The van der Waals surface area contributed by atoms with Gasteiger partial charge >= 0.3 is 6.09 Å². The first-order chi connectivity index (χ1) is 12.4. The number of rotatable bonds is 2. The van der Waals surface area contributed by atoms with Gasteiger partial charge in [-0.15, -0.1) is 0 Å². The van der Waals surface area contributed by atoms with Gasteiger partial charge in [0.25, 0.3) is 0 Å². The number of benzene rings is 1. The van der Waals surface area contributed by atoms with Crippen molar-refractivity contribution in [2.75, 3.05) is 13.1 Å². The normalized spacial score (nSPS) is 15.1. The third-order valence-electron chi connectivity index (χ3n) is 4.23. The molecule has 0 N–H and O–H groups in total. The second-order valence-electron chi connectivity index (χ2n) is 7.49. The van der Waals surface area contributed by atoms with Crippen LogP contribution < -0.4 is 0 Å². The molecular weight excluding hydrogens is 330 g/mol. The molecule has 3 heterocycles. The summed E-state index contributed by atoms with van der Waals surface area (Å²) < 4.78 is 7.26. The molecule has 0 unspecified atom stereocenters. The molecule has 0 aliphatic carbocycles. The van der Waals surface area contributed by atoms with Crippen LogP contribution in [-0.4, -0.2) is 49.4 Å². The first-order valence-electron chi connectivity index (χ1n) is 8.63. The van der Waals surface area contributed by atoms with Crippen molar-refractivity contribution < 1.29 is 9.53 Å². The molecule has 1 aliphatic heterocycles. The average Bonchev–Trinajstić information content (AvgIpc) is 3.01. The molecule has 0 saturated carbocycles. The van der Waals surface area contributed by atoms with Gasteiger partial charge in [-0.25, -0.2) is 9.78 Å². The maximum absolute atomic E-state index is 12.0. The Bertz CT molecular complexity index is 954. The van der Waals surface area contributed by atoms with Gasteiger partial charge < -0.3 is 9.64 Å². The van der Waals surface area contributed by atoms with Crippen LogP contribution in [0.4, 0.5) is 4.79 Å². The summed E-state index contributed by atoms with van der Waals surface area (Å²) in [6.45, 7) is 6.80. The highest BCUT2D eigenvalue weighted by atomic mass is 16.6. The van der Waals surface area contributed by atoms with Crippen molar-refractivity contribution in [3.05, 3.63) is 42.9 Å². The standard InChI is InChI=1S/C19H21N5O2/c1-19(2,3)26-18(25)23-11-14(12-23)24-10-13(8-21-24)17-9-20-15-6-4-5-7-16(15)22-17/h4-10,14H,11-12H2,1-3H3. The summed E-state index contributed by atoms with van der Waals surface area (Å²) in [7, 11) is 0. The molecule has 1 aromatic carbocycles. The zero-order valence-electron chi connectivity index (χ0n) is 15.1. The van der Waals surface area contributed by atoms with E-state index in [0.29, 0.717) is 13.1 Å². The molecule has 134 valence electrons. The minimum absolute atomic E-state index is 0.157. The summed E-state index contributed by atoms with van der Waals surface area (Å²) in [6, 6.07) is 7.94. The molecule has 4 rings (SSSR count). The highest BCUT2D eigenvalue weighted by Crippen LogP contribution is 2.25. The van der Waals surface area contributed by atoms with E-state index in [1.54, 1.807) is 17.3 Å². The predicted molar refractivity (Wildman–Crippen MR) is 97.6 cm³/mol. The van der Waals surface area contributed by atoms with E-state index in [1.165, 1.54) is 0 Å². The second kappa shape index (κ2) is 6.09. The lowest BCUT2D eigenvalue weighted by molar-refractivity contribution is -0.000381. The molecular formula is C19H21N5O2. The summed E-state index contributed by atoms with van der Waals surface area (Å²) >= 11 is 0. The van der Waals surface area contributed by atoms with E-state index in [9.17, 15) is 4.79 Å². The van der Waals surface area contributed by atoms with E-state index in [2.05, 4.69) is 15.1 Å². The molecule has 7 heteroatoms. The van der Waals surface area contributed by atoms with Crippen molar-refractivity contribution >= 4 is 17.1 Å². The lowest BCUT2D eigenvalue weighted by atomic mass is 10.1. The van der Waals surface area contributed by atoms with Gasteiger partial charge in [-0.3, -0.25) is 9.67 Å². The Kier molecular flexibility index (Phi) is 3.86. The minimum Gasteiger partial charge on any atom is -0.444 e. The van der Waals surface area contributed by atoms with Crippen molar-refractivity contribution in [3.8, 4) is 11.3 Å². The Labute approximate surface area is 151 Å². The first-order valence-corrected chi connectivity index (χ1v) is 8.63. The number of hydrogen-bond acceptors (Lipinski definition) is 5. The number of likely N-dealkylation sites (tertiary alicyclic amines) is 1. The molecule has 1 fully saturated rings. The SMILES string of the molecule is CC(C)(C)OC(=O)N1CC(n2cc(-c3cnc4ccccc4n3)cn2)C1. The highest BCUT2D eigenvalue weighted by molar-refractivity contribution is 5.76. The van der Waals surface area contributed by atoms with E-state index >= 15 is 0 Å². The number of aromatic nitrogens is 4. The van der Waals surface area contributed by atoms with E-state index in [-0.39, 0.29) is 12.1 Å². The van der Waals surface area contributed by atoms with Crippen LogP contribution >= 0.6 is 0 Å². The highest BCUT2D eigenvalue weighted by Gasteiger charge is 2.35. The Morgan fingerprint density at radius 3 is 2.62 bits per heavy atom. The van der Waals surface area contributed by atoms with Crippen molar-refractivity contribution in [2.45, 2.75) is 32.4 Å². The van der Waals surface area contributed by atoms with Crippen molar-refractivity contribution in [3.63, 3.8) is 0 Å². The van der Waals surface area contributed by atoms with E-state index in [0.717, 1.165) is 22.3 Å². The number of para-hydroxylation sites is 2. The van der Waals surface area contributed by atoms with Gasteiger partial charge in [-0.2, -0.15) is 5.10 Å². The van der Waals surface area contributed by atoms with E-state index in [4.69, 9.17) is 4.74 Å². The monoisotopic (exact) mass is 351 g/mol. The van der Waals surface area contributed by atoms with Crippen LogP contribution in [0.5, 0.6) is 0 Å². The van der Waals surface area contributed by atoms with Crippen molar-refractivity contribution in [1.82, 2.24) is 24.6 Å². The molecule has 3 aromatic rings. The molecule has 0 radical (unpaired) electrons. The Balaban J connectivity index is 1.45. The second-order valence-corrected chi connectivity index (χ2v) is 7.49. The number of carbonyl (C=O) groups excluding carboxylic acids is 1. The van der Waals surface area contributed by atoms with Crippen LogP contribution in [0.2, 0.25) is 0 Å². The number of ether oxygens (including phenoxy) is 1. The molecule has 0 atom stereocenters. The summed E-state index contributed by atoms with van der Waals surface area (Å²) in [5, 5.41) is 4.43. The van der Waals surface area contributed by atoms with Crippen LogP contribution in [0.15, 0.2) is 42.9 Å². The topological polar surface area (TPSA) is 73.1 Å². The van der Waals surface area contributed by atoms with Gasteiger partial charge in [0.1, 0.15) is 5.60 Å². The summed E-state index contributed by atoms with van der Waals surface area (Å²) in [4.78, 5) is 22.8. The number of hydrogen-bond donors (Lipinski definition) is 0. The molecule has 2 aromatic heterocycles. The lowest BCUT2D eigenvalue weighted by Crippen LogP contribution is -2.52. The molecule has 1 amide bonds. The van der Waals surface area contributed by atoms with E-state index in [1.807, 2.05) is 55.9 Å². The summed E-state index contributed by atoms with van der Waals surface area (Å²) in [5.41, 5.74) is 2.96. The van der Waals surface area contributed by atoms with Gasteiger partial charge in [-0.1, -0.05) is 12.1 Å². The number of amides is 1. The largest absolute Gasteiger partial charge is 0.444 e. The summed E-state index contributed by atoms with van der Waals surface area (Å²) in [5.74, 6) is 0. The maximum atomic E-state index is 12.0. The smallest absolute Gasteiger partial charge is 0.410 e. The predicted octanol–water partition coefficient (Wildman–Crippen LogP) is 3.29. The fourth-order valence-electron chi connectivity index (χ4n) is 2.86. The quantitative estimate of drug-likeness (QED) is 0.708. The molecule has 0 spiro atoms. The fraction of sp³-hybridized carbons (Fsp3) is 0.368. The third kappa shape index (κ3) is 3.24. The van der Waals surface area contributed by atoms with Gasteiger partial charge in [0, 0.05) is 24.8 Å². The Hall–Kier alpha value is -2.96. The van der Waals surface area contributed by atoms with Gasteiger partial charge in [-0.05, 0) is 32.9 Å². The van der Waals surface area contributed by atoms with E-state index < -0.39 is 5.60 Å². The molecule has 0 bridgehead atoms. The molecule has 1 saturated heterocycles. The van der Waals surface area contributed by atoms with Crippen LogP contribution in [-0.2, 0) is 4.74 Å². The van der Waals surface area contributed by atoms with Gasteiger partial charge in [0.05, 0.1) is 35.2 Å². The molecule has 7 nitrogen and oxygen atoms in total. The molecule has 26 heavy (non-hydrogen) atoms. The lowest BCUT2D eigenvalue weighted by Gasteiger charge is -2.39. The van der Waals surface area contributed by atoms with Crippen LogP contribution in [0.25, 0.3) is 22.3 Å². The average molecular weight is 351 g/mol. The van der Waals surface area contributed by atoms with Gasteiger partial charge in [0.2, 0.25) is 0 Å². The fourth-order valence-corrected chi connectivity index (χ4v) is 2.86. The van der Waals surface area contributed by atoms with Crippen molar-refractivity contribution in [1.29, 1.82) is 0 Å². The third-order valence-corrected chi connectivity index (χ3v) is 4.23. The number of fused-ring (bicyclic) bond motifs is 1. The number of carbonyl (C=O) groups is 1. The van der Waals surface area contributed by atoms with Gasteiger partial charge in [0.15, 0.2) is 0 Å². The zero-order valence-corrected chi connectivity index (χ0v) is 15.1.